The summed E-state index contributed by atoms with van der Waals surface area (Å²) in [5.41, 5.74) is 15.9. The van der Waals surface area contributed by atoms with E-state index >= 15 is 0 Å². The molecule has 0 aliphatic rings. The fourth-order valence-corrected chi connectivity index (χ4v) is 11.5. The van der Waals surface area contributed by atoms with Gasteiger partial charge >= 0.3 is 0 Å². The second kappa shape index (κ2) is 14.7. The first-order valence-electron chi connectivity index (χ1n) is 23.2. The number of fused-ring (bicyclic) bond motifs is 14. The summed E-state index contributed by atoms with van der Waals surface area (Å²) in [6.07, 6.45) is 0. The Morgan fingerprint density at radius 3 is 1.19 bits per heavy atom. The summed E-state index contributed by atoms with van der Waals surface area (Å²) < 4.78 is 9.38. The van der Waals surface area contributed by atoms with Crippen molar-refractivity contribution in [3.63, 3.8) is 0 Å². The van der Waals surface area contributed by atoms with E-state index in [0.29, 0.717) is 11.1 Å². The van der Waals surface area contributed by atoms with Gasteiger partial charge in [-0.3, -0.25) is 0 Å². The zero-order chi connectivity index (χ0) is 45.9. The van der Waals surface area contributed by atoms with Crippen LogP contribution in [0, 0.1) is 29.6 Å². The average Bonchev–Trinajstić information content (AvgIpc) is 4.13. The molecule has 0 saturated carbocycles. The lowest BCUT2D eigenvalue weighted by Crippen LogP contribution is -2.06. The molecule has 0 bridgehead atoms. The van der Waals surface area contributed by atoms with E-state index in [1.165, 1.54) is 0 Å². The van der Waals surface area contributed by atoms with Crippen molar-refractivity contribution in [2.75, 3.05) is 0 Å². The summed E-state index contributed by atoms with van der Waals surface area (Å²) in [6, 6.07) is 80.1. The molecule has 0 amide bonds. The van der Waals surface area contributed by atoms with Crippen LogP contribution in [0.5, 0.6) is 0 Å². The third-order valence-corrected chi connectivity index (χ3v) is 14.2. The Kier molecular flexibility index (Phi) is 8.23. The van der Waals surface area contributed by atoms with Crippen LogP contribution >= 0.6 is 0 Å². The van der Waals surface area contributed by atoms with Crippen LogP contribution in [0.3, 0.4) is 0 Å². The second-order valence-electron chi connectivity index (χ2n) is 18.0. The van der Waals surface area contributed by atoms with Gasteiger partial charge in [0, 0.05) is 54.5 Å². The number of rotatable bonds is 5. The van der Waals surface area contributed by atoms with E-state index in [0.717, 1.165) is 127 Å². The Morgan fingerprint density at radius 1 is 0.333 bits per heavy atom. The van der Waals surface area contributed by atoms with Crippen molar-refractivity contribution < 1.29 is 0 Å². The second-order valence-corrected chi connectivity index (χ2v) is 18.0. The van der Waals surface area contributed by atoms with Crippen molar-refractivity contribution in [3.8, 4) is 46.0 Å². The third kappa shape index (κ3) is 5.46. The monoisotopic (exact) mass is 878 g/mol. The Morgan fingerprint density at radius 2 is 0.739 bits per heavy atom. The fourth-order valence-electron chi connectivity index (χ4n) is 11.5. The molecule has 320 valence electrons. The topological polar surface area (TPSA) is 67.3 Å². The number of aromatic nitrogens is 4. The van der Waals surface area contributed by atoms with Crippen LogP contribution in [-0.4, -0.2) is 18.3 Å². The summed E-state index contributed by atoms with van der Waals surface area (Å²) in [5, 5.41) is 31.2. The SMILES string of the molecule is Cc1cc(C#N)cc(-c2cc(-n3c4ccccc4c4ccc5c(c6ccccc6n5-c5ccccc5)c43)c(C#N)c(-n3c4ccccc4c4ccc5c(c6ccccc6n5-c5ccccc5)c43)c2)c1. The quantitative estimate of drug-likeness (QED) is 0.173. The summed E-state index contributed by atoms with van der Waals surface area (Å²) in [7, 11) is 0. The minimum atomic E-state index is 0.532. The Bertz CT molecular complexity index is 4310. The first-order chi connectivity index (χ1) is 34.1. The molecule has 69 heavy (non-hydrogen) atoms. The van der Waals surface area contributed by atoms with Gasteiger partial charge in [-0.2, -0.15) is 10.5 Å². The van der Waals surface area contributed by atoms with Crippen LogP contribution in [0.2, 0.25) is 0 Å². The van der Waals surface area contributed by atoms with E-state index in [1.54, 1.807) is 0 Å². The molecule has 6 nitrogen and oxygen atoms in total. The molecule has 4 heterocycles. The number of nitriles is 2. The minimum absolute atomic E-state index is 0.532. The van der Waals surface area contributed by atoms with Crippen LogP contribution in [0.1, 0.15) is 16.7 Å². The zero-order valence-electron chi connectivity index (χ0n) is 37.4. The van der Waals surface area contributed by atoms with Crippen molar-refractivity contribution in [1.82, 2.24) is 18.3 Å². The van der Waals surface area contributed by atoms with Crippen LogP contribution in [-0.2, 0) is 0 Å². The molecule has 4 aromatic heterocycles. The molecule has 0 saturated heterocycles. The largest absolute Gasteiger partial charge is 0.309 e. The molecule has 0 fully saturated rings. The molecule has 14 aromatic rings. The number of aryl methyl sites for hydroxylation is 1. The predicted molar refractivity (Wildman–Crippen MR) is 283 cm³/mol. The van der Waals surface area contributed by atoms with Gasteiger partial charge in [-0.05, 0) is 109 Å². The number of nitrogens with zero attached hydrogens (tertiary/aromatic N) is 6. The summed E-state index contributed by atoms with van der Waals surface area (Å²) in [5.74, 6) is 0. The maximum Gasteiger partial charge on any atom is 0.104 e. The number of para-hydroxylation sites is 6. The van der Waals surface area contributed by atoms with Gasteiger partial charge in [0.2, 0.25) is 0 Å². The number of hydrogen-bond donors (Lipinski definition) is 0. The van der Waals surface area contributed by atoms with Gasteiger partial charge in [-0.1, -0.05) is 127 Å². The van der Waals surface area contributed by atoms with E-state index in [9.17, 15) is 10.5 Å². The molecule has 14 rings (SSSR count). The van der Waals surface area contributed by atoms with Gasteiger partial charge in [0.1, 0.15) is 11.6 Å². The van der Waals surface area contributed by atoms with Crippen molar-refractivity contribution >= 4 is 87.2 Å². The lowest BCUT2D eigenvalue weighted by atomic mass is 9.97. The van der Waals surface area contributed by atoms with E-state index in [2.05, 4.69) is 231 Å². The van der Waals surface area contributed by atoms with E-state index in [4.69, 9.17) is 0 Å². The molecule has 0 spiro atoms. The maximum absolute atomic E-state index is 12.0. The highest BCUT2D eigenvalue weighted by molar-refractivity contribution is 6.28. The number of hydrogen-bond acceptors (Lipinski definition) is 2. The average molecular weight is 879 g/mol. The van der Waals surface area contributed by atoms with Crippen LogP contribution in [0.4, 0.5) is 0 Å². The normalized spacial score (nSPS) is 11.8. The lowest BCUT2D eigenvalue weighted by molar-refractivity contribution is 1.12. The van der Waals surface area contributed by atoms with E-state index in [-0.39, 0.29) is 0 Å². The van der Waals surface area contributed by atoms with Gasteiger partial charge in [-0.25, -0.2) is 0 Å². The molecule has 0 atom stereocenters. The molecule has 0 radical (unpaired) electrons. The summed E-state index contributed by atoms with van der Waals surface area (Å²) >= 11 is 0. The minimum Gasteiger partial charge on any atom is -0.309 e. The summed E-state index contributed by atoms with van der Waals surface area (Å²) in [4.78, 5) is 0. The molecule has 0 N–H and O–H groups in total. The Balaban J connectivity index is 1.20. The van der Waals surface area contributed by atoms with Gasteiger partial charge in [0.15, 0.2) is 0 Å². The zero-order valence-corrected chi connectivity index (χ0v) is 37.4. The van der Waals surface area contributed by atoms with Crippen molar-refractivity contribution in [2.45, 2.75) is 6.92 Å². The van der Waals surface area contributed by atoms with E-state index < -0.39 is 0 Å². The van der Waals surface area contributed by atoms with Gasteiger partial charge in [-0.15, -0.1) is 0 Å². The smallest absolute Gasteiger partial charge is 0.104 e. The van der Waals surface area contributed by atoms with Gasteiger partial charge < -0.3 is 18.3 Å². The van der Waals surface area contributed by atoms with Crippen molar-refractivity contribution in [3.05, 3.63) is 229 Å². The van der Waals surface area contributed by atoms with Crippen LogP contribution in [0.15, 0.2) is 212 Å². The van der Waals surface area contributed by atoms with Gasteiger partial charge in [0.25, 0.3) is 0 Å². The molecular formula is C63H38N6. The lowest BCUT2D eigenvalue weighted by Gasteiger charge is -2.19. The Labute approximate surface area is 396 Å². The molecule has 6 heteroatoms. The highest BCUT2D eigenvalue weighted by Crippen LogP contribution is 2.47. The predicted octanol–water partition coefficient (Wildman–Crippen LogP) is 15.8. The first kappa shape index (κ1) is 38.6. The van der Waals surface area contributed by atoms with Gasteiger partial charge in [0.05, 0.1) is 67.1 Å². The van der Waals surface area contributed by atoms with Crippen molar-refractivity contribution in [1.29, 1.82) is 10.5 Å². The molecular weight excluding hydrogens is 841 g/mol. The molecule has 0 aliphatic carbocycles. The third-order valence-electron chi connectivity index (χ3n) is 14.2. The maximum atomic E-state index is 12.0. The van der Waals surface area contributed by atoms with Crippen LogP contribution in [0.25, 0.3) is 121 Å². The highest BCUT2D eigenvalue weighted by atomic mass is 15.0. The van der Waals surface area contributed by atoms with Crippen molar-refractivity contribution in [2.24, 2.45) is 0 Å². The van der Waals surface area contributed by atoms with Crippen LogP contribution < -0.4 is 0 Å². The first-order valence-corrected chi connectivity index (χ1v) is 23.2. The standard InChI is InChI=1S/C63H38N6/c1-39-32-40(37-64)34-41(33-39)42-35-58(68-52-24-12-8-20-45(52)47-28-30-56-60(62(47)68)49-22-10-14-26-54(49)66(56)43-16-4-2-5-17-43)51(38-65)59(36-42)69-53-25-13-9-21-46(53)48-29-31-57-61(63(48)69)50-23-11-15-27-55(50)67(57)44-18-6-3-7-19-44/h2-36H,1H3. The molecule has 0 unspecified atom stereocenters. The Hall–Kier alpha value is -9.62. The highest BCUT2D eigenvalue weighted by Gasteiger charge is 2.27. The summed E-state index contributed by atoms with van der Waals surface area (Å²) in [6.45, 7) is 2.04. The fraction of sp³-hybridized carbons (Fsp3) is 0.0159. The molecule has 0 aliphatic heterocycles. The van der Waals surface area contributed by atoms with E-state index in [1.807, 2.05) is 19.1 Å². The number of benzene rings is 10. The molecule has 10 aromatic carbocycles.